The second kappa shape index (κ2) is 6.95. The van der Waals surface area contributed by atoms with Crippen molar-refractivity contribution in [2.45, 2.75) is 6.54 Å². The van der Waals surface area contributed by atoms with Crippen LogP contribution in [0.25, 0.3) is 17.0 Å². The molecule has 0 saturated heterocycles. The number of amides is 1. The number of carbonyl (C=O) groups excluding carboxylic acids is 1. The highest BCUT2D eigenvalue weighted by Crippen LogP contribution is 2.19. The molecule has 0 spiro atoms. The van der Waals surface area contributed by atoms with Crippen LogP contribution in [0.2, 0.25) is 0 Å². The number of carbonyl (C=O) groups is 1. The number of benzene rings is 2. The zero-order chi connectivity index (χ0) is 18.8. The van der Waals surface area contributed by atoms with E-state index in [1.807, 2.05) is 0 Å². The van der Waals surface area contributed by atoms with E-state index in [9.17, 15) is 13.6 Å². The number of hydrogen-bond donors (Lipinski definition) is 1. The smallest absolute Gasteiger partial charge is 0.253 e. The molecule has 0 bridgehead atoms. The minimum absolute atomic E-state index is 0.278. The predicted molar refractivity (Wildman–Crippen MR) is 96.0 cm³/mol. The summed E-state index contributed by atoms with van der Waals surface area (Å²) in [7, 11) is 0. The van der Waals surface area contributed by atoms with E-state index in [1.165, 1.54) is 24.3 Å². The molecular weight excluding hydrogens is 350 g/mol. The van der Waals surface area contributed by atoms with Gasteiger partial charge in [0.1, 0.15) is 11.6 Å². The second-order valence-corrected chi connectivity index (χ2v) is 5.99. The van der Waals surface area contributed by atoms with Crippen LogP contribution in [0, 0.1) is 11.6 Å². The van der Waals surface area contributed by atoms with Crippen LogP contribution in [0.4, 0.5) is 8.78 Å². The van der Waals surface area contributed by atoms with Crippen molar-refractivity contribution in [2.24, 2.45) is 0 Å². The van der Waals surface area contributed by atoms with Gasteiger partial charge in [-0.25, -0.2) is 8.78 Å². The lowest BCUT2D eigenvalue weighted by molar-refractivity contribution is 0.0950. The molecule has 0 unspecified atom stereocenters. The molecule has 0 atom stereocenters. The van der Waals surface area contributed by atoms with Crippen LogP contribution in [0.5, 0.6) is 0 Å². The monoisotopic (exact) mass is 364 g/mol. The van der Waals surface area contributed by atoms with Crippen molar-refractivity contribution in [3.63, 3.8) is 0 Å². The molecule has 4 rings (SSSR count). The number of nitrogens with zero attached hydrogens (tertiary/aromatic N) is 3. The van der Waals surface area contributed by atoms with Crippen molar-refractivity contribution in [1.82, 2.24) is 19.9 Å². The number of rotatable bonds is 4. The van der Waals surface area contributed by atoms with Gasteiger partial charge in [-0.3, -0.25) is 9.20 Å². The Hall–Kier alpha value is -3.61. The maximum atomic E-state index is 13.1. The number of nitrogens with one attached hydrogen (secondary N) is 1. The van der Waals surface area contributed by atoms with Crippen molar-refractivity contribution in [2.75, 3.05) is 0 Å². The summed E-state index contributed by atoms with van der Waals surface area (Å²) in [5.74, 6) is -0.428. The summed E-state index contributed by atoms with van der Waals surface area (Å²) in [6.45, 7) is 0.282. The van der Waals surface area contributed by atoms with Gasteiger partial charge in [0, 0.05) is 18.3 Å². The van der Waals surface area contributed by atoms with Gasteiger partial charge in [0.25, 0.3) is 5.91 Å². The van der Waals surface area contributed by atoms with Crippen LogP contribution < -0.4 is 5.32 Å². The van der Waals surface area contributed by atoms with Gasteiger partial charge in [-0.15, -0.1) is 10.2 Å². The molecule has 4 aromatic rings. The van der Waals surface area contributed by atoms with E-state index in [1.54, 1.807) is 47.0 Å². The SMILES string of the molecule is O=C(NCc1ccc(F)cc1)c1ccc2nnc(-c3ccc(F)cc3)n2c1. The quantitative estimate of drug-likeness (QED) is 0.602. The molecule has 2 heterocycles. The third kappa shape index (κ3) is 3.52. The molecule has 2 aromatic carbocycles. The Morgan fingerprint density at radius 3 is 2.26 bits per heavy atom. The van der Waals surface area contributed by atoms with Crippen LogP contribution in [0.1, 0.15) is 15.9 Å². The number of halogens is 2. The molecule has 7 heteroatoms. The highest BCUT2D eigenvalue weighted by Gasteiger charge is 2.12. The normalized spacial score (nSPS) is 10.9. The van der Waals surface area contributed by atoms with E-state index in [0.29, 0.717) is 22.6 Å². The molecule has 27 heavy (non-hydrogen) atoms. The first-order valence-corrected chi connectivity index (χ1v) is 8.23. The molecule has 0 aliphatic heterocycles. The Kier molecular flexibility index (Phi) is 4.33. The molecular formula is C20H14F2N4O. The largest absolute Gasteiger partial charge is 0.348 e. The summed E-state index contributed by atoms with van der Waals surface area (Å²) in [4.78, 5) is 12.5. The zero-order valence-corrected chi connectivity index (χ0v) is 14.1. The minimum Gasteiger partial charge on any atom is -0.348 e. The van der Waals surface area contributed by atoms with Crippen LogP contribution in [0.15, 0.2) is 66.9 Å². The van der Waals surface area contributed by atoms with Gasteiger partial charge in [0.15, 0.2) is 11.5 Å². The molecule has 0 saturated carbocycles. The van der Waals surface area contributed by atoms with E-state index in [2.05, 4.69) is 15.5 Å². The van der Waals surface area contributed by atoms with Crippen molar-refractivity contribution < 1.29 is 13.6 Å². The fraction of sp³-hybridized carbons (Fsp3) is 0.0500. The number of hydrogen-bond acceptors (Lipinski definition) is 3. The number of aromatic nitrogens is 3. The summed E-state index contributed by atoms with van der Waals surface area (Å²) in [5.41, 5.74) is 2.48. The van der Waals surface area contributed by atoms with Crippen LogP contribution in [0.3, 0.4) is 0 Å². The van der Waals surface area contributed by atoms with Gasteiger partial charge in [0.05, 0.1) is 5.56 Å². The average Bonchev–Trinajstić information content (AvgIpc) is 3.11. The standard InChI is InChI=1S/C20H14F2N4O/c21-16-6-1-13(2-7-16)11-23-20(27)15-5-10-18-24-25-19(26(18)12-15)14-3-8-17(22)9-4-14/h1-10,12H,11H2,(H,23,27). The second-order valence-electron chi connectivity index (χ2n) is 5.99. The van der Waals surface area contributed by atoms with E-state index >= 15 is 0 Å². The number of pyridine rings is 1. The average molecular weight is 364 g/mol. The molecule has 0 fully saturated rings. The van der Waals surface area contributed by atoms with E-state index < -0.39 is 0 Å². The number of fused-ring (bicyclic) bond motifs is 1. The first-order chi connectivity index (χ1) is 13.1. The Morgan fingerprint density at radius 2 is 1.56 bits per heavy atom. The van der Waals surface area contributed by atoms with Gasteiger partial charge in [-0.1, -0.05) is 12.1 Å². The van der Waals surface area contributed by atoms with Gasteiger partial charge >= 0.3 is 0 Å². The zero-order valence-electron chi connectivity index (χ0n) is 14.1. The van der Waals surface area contributed by atoms with E-state index in [0.717, 1.165) is 5.56 Å². The van der Waals surface area contributed by atoms with E-state index in [-0.39, 0.29) is 24.1 Å². The van der Waals surface area contributed by atoms with Gasteiger partial charge in [0.2, 0.25) is 0 Å². The van der Waals surface area contributed by atoms with Gasteiger partial charge in [-0.05, 0) is 54.1 Å². The maximum absolute atomic E-state index is 13.1. The Morgan fingerprint density at radius 1 is 0.889 bits per heavy atom. The first kappa shape index (κ1) is 16.8. The van der Waals surface area contributed by atoms with Crippen LogP contribution >= 0.6 is 0 Å². The van der Waals surface area contributed by atoms with Gasteiger partial charge in [-0.2, -0.15) is 0 Å². The third-order valence-corrected chi connectivity index (χ3v) is 4.13. The summed E-state index contributed by atoms with van der Waals surface area (Å²) in [6.07, 6.45) is 1.63. The summed E-state index contributed by atoms with van der Waals surface area (Å²) in [6, 6.07) is 15.2. The van der Waals surface area contributed by atoms with E-state index in [4.69, 9.17) is 0 Å². The van der Waals surface area contributed by atoms with Gasteiger partial charge < -0.3 is 5.32 Å². The fourth-order valence-corrected chi connectivity index (χ4v) is 2.71. The lowest BCUT2D eigenvalue weighted by Gasteiger charge is -2.07. The summed E-state index contributed by atoms with van der Waals surface area (Å²) >= 11 is 0. The van der Waals surface area contributed by atoms with Crippen molar-refractivity contribution in [1.29, 1.82) is 0 Å². The minimum atomic E-state index is -0.339. The van der Waals surface area contributed by atoms with Crippen molar-refractivity contribution in [3.05, 3.63) is 89.6 Å². The molecule has 0 aliphatic rings. The molecule has 2 aromatic heterocycles. The Balaban J connectivity index is 1.58. The fourth-order valence-electron chi connectivity index (χ4n) is 2.71. The highest BCUT2D eigenvalue weighted by atomic mass is 19.1. The summed E-state index contributed by atoms with van der Waals surface area (Å²) in [5, 5.41) is 11.0. The first-order valence-electron chi connectivity index (χ1n) is 8.23. The van der Waals surface area contributed by atoms with Crippen LogP contribution in [-0.4, -0.2) is 20.5 Å². The lowest BCUT2D eigenvalue weighted by atomic mass is 10.2. The summed E-state index contributed by atoms with van der Waals surface area (Å²) < 4.78 is 27.8. The molecule has 0 radical (unpaired) electrons. The molecule has 134 valence electrons. The van der Waals surface area contributed by atoms with Crippen molar-refractivity contribution >= 4 is 11.6 Å². The highest BCUT2D eigenvalue weighted by molar-refractivity contribution is 5.94. The van der Waals surface area contributed by atoms with Crippen LogP contribution in [-0.2, 0) is 6.54 Å². The third-order valence-electron chi connectivity index (χ3n) is 4.13. The van der Waals surface area contributed by atoms with Crippen molar-refractivity contribution in [3.8, 4) is 11.4 Å². The molecule has 5 nitrogen and oxygen atoms in total. The molecule has 1 N–H and O–H groups in total. The Bertz CT molecular complexity index is 1110. The molecule has 1 amide bonds. The topological polar surface area (TPSA) is 59.3 Å². The maximum Gasteiger partial charge on any atom is 0.253 e. The Labute approximate surface area is 153 Å². The lowest BCUT2D eigenvalue weighted by Crippen LogP contribution is -2.23. The predicted octanol–water partition coefficient (Wildman–Crippen LogP) is 3.60. The molecule has 0 aliphatic carbocycles.